The van der Waals surface area contributed by atoms with Crippen molar-refractivity contribution in [2.45, 2.75) is 19.1 Å². The van der Waals surface area contributed by atoms with E-state index >= 15 is 0 Å². The van der Waals surface area contributed by atoms with E-state index in [1.54, 1.807) is 0 Å². The van der Waals surface area contributed by atoms with E-state index in [0.717, 1.165) is 0 Å². The molecule has 0 bridgehead atoms. The summed E-state index contributed by atoms with van der Waals surface area (Å²) < 4.78 is 26.3. The van der Waals surface area contributed by atoms with Crippen LogP contribution in [-0.4, -0.2) is 11.1 Å². The lowest BCUT2D eigenvalue weighted by Crippen LogP contribution is -2.25. The van der Waals surface area contributed by atoms with E-state index in [9.17, 15) is 13.9 Å². The zero-order chi connectivity index (χ0) is 10.9. The molecule has 0 aliphatic carbocycles. The van der Waals surface area contributed by atoms with E-state index in [1.807, 2.05) is 0 Å². The summed E-state index contributed by atoms with van der Waals surface area (Å²) in [6.07, 6.45) is -1.20. The molecule has 0 aromatic heterocycles. The Hall–Kier alpha value is -0.520. The highest BCUT2D eigenvalue weighted by Crippen LogP contribution is 2.26. The standard InChI is InChI=1S/C9H10BrF2NO/c1-4(13)9(14)5-2-3-6(10)8(12)7(5)11/h2-4,9,14H,13H2,1H3/t4-,9-/m0/s1. The third-order valence-electron chi connectivity index (χ3n) is 1.88. The fraction of sp³-hybridized carbons (Fsp3) is 0.333. The van der Waals surface area contributed by atoms with Gasteiger partial charge in [0, 0.05) is 11.6 Å². The molecule has 0 saturated heterocycles. The number of hydrogen-bond acceptors (Lipinski definition) is 2. The Balaban J connectivity index is 3.17. The Kier molecular flexibility index (Phi) is 3.58. The lowest BCUT2D eigenvalue weighted by Gasteiger charge is -2.15. The summed E-state index contributed by atoms with van der Waals surface area (Å²) in [5.74, 6) is -2.08. The van der Waals surface area contributed by atoms with Gasteiger partial charge >= 0.3 is 0 Å². The molecule has 0 aliphatic heterocycles. The van der Waals surface area contributed by atoms with Gasteiger partial charge < -0.3 is 10.8 Å². The van der Waals surface area contributed by atoms with Crippen LogP contribution in [0.1, 0.15) is 18.6 Å². The predicted molar refractivity (Wildman–Crippen MR) is 52.7 cm³/mol. The first-order chi connectivity index (χ1) is 6.45. The van der Waals surface area contributed by atoms with Gasteiger partial charge in [0.2, 0.25) is 0 Å². The van der Waals surface area contributed by atoms with Crippen LogP contribution in [0.2, 0.25) is 0 Å². The van der Waals surface area contributed by atoms with Gasteiger partial charge in [0.1, 0.15) is 0 Å². The van der Waals surface area contributed by atoms with Gasteiger partial charge in [-0.1, -0.05) is 6.07 Å². The fourth-order valence-corrected chi connectivity index (χ4v) is 1.36. The first kappa shape index (κ1) is 11.6. The SMILES string of the molecule is C[C@H](N)[C@H](O)c1ccc(Br)c(F)c1F. The van der Waals surface area contributed by atoms with Crippen LogP contribution in [0.5, 0.6) is 0 Å². The molecule has 0 aliphatic rings. The van der Waals surface area contributed by atoms with Crippen LogP contribution < -0.4 is 5.73 Å². The van der Waals surface area contributed by atoms with E-state index in [4.69, 9.17) is 5.73 Å². The van der Waals surface area contributed by atoms with Crippen molar-refractivity contribution in [2.75, 3.05) is 0 Å². The van der Waals surface area contributed by atoms with E-state index in [2.05, 4.69) is 15.9 Å². The maximum atomic E-state index is 13.3. The van der Waals surface area contributed by atoms with Crippen LogP contribution in [0.4, 0.5) is 8.78 Å². The molecule has 14 heavy (non-hydrogen) atoms. The highest BCUT2D eigenvalue weighted by molar-refractivity contribution is 9.10. The molecule has 0 unspecified atom stereocenters. The molecule has 1 rings (SSSR count). The molecule has 1 aromatic rings. The monoisotopic (exact) mass is 265 g/mol. The van der Waals surface area contributed by atoms with Gasteiger partial charge in [-0.15, -0.1) is 0 Å². The normalized spacial score (nSPS) is 15.3. The van der Waals surface area contributed by atoms with Crippen LogP contribution in [0.3, 0.4) is 0 Å². The van der Waals surface area contributed by atoms with Gasteiger partial charge in [-0.05, 0) is 28.9 Å². The number of rotatable bonds is 2. The first-order valence-corrected chi connectivity index (χ1v) is 4.81. The molecule has 2 atom stereocenters. The molecule has 0 radical (unpaired) electrons. The third-order valence-corrected chi connectivity index (χ3v) is 2.49. The Bertz CT molecular complexity index is 344. The molecular formula is C9H10BrF2NO. The lowest BCUT2D eigenvalue weighted by molar-refractivity contribution is 0.148. The number of aliphatic hydroxyl groups excluding tert-OH is 1. The second-order valence-electron chi connectivity index (χ2n) is 3.07. The zero-order valence-electron chi connectivity index (χ0n) is 7.47. The fourth-order valence-electron chi connectivity index (χ4n) is 1.05. The van der Waals surface area contributed by atoms with Crippen molar-refractivity contribution in [1.29, 1.82) is 0 Å². The minimum absolute atomic E-state index is 0.0237. The molecule has 3 N–H and O–H groups in total. The molecule has 0 heterocycles. The van der Waals surface area contributed by atoms with Gasteiger partial charge in [0.25, 0.3) is 0 Å². The zero-order valence-corrected chi connectivity index (χ0v) is 9.05. The second kappa shape index (κ2) is 4.33. The summed E-state index contributed by atoms with van der Waals surface area (Å²) >= 11 is 2.84. The van der Waals surface area contributed by atoms with Crippen LogP contribution in [0.15, 0.2) is 16.6 Å². The van der Waals surface area contributed by atoms with Crippen LogP contribution in [0.25, 0.3) is 0 Å². The van der Waals surface area contributed by atoms with Crippen molar-refractivity contribution in [2.24, 2.45) is 5.73 Å². The largest absolute Gasteiger partial charge is 0.387 e. The second-order valence-corrected chi connectivity index (χ2v) is 3.92. The Morgan fingerprint density at radius 2 is 1.93 bits per heavy atom. The number of halogens is 3. The van der Waals surface area contributed by atoms with E-state index in [-0.39, 0.29) is 10.0 Å². The smallest absolute Gasteiger partial charge is 0.173 e. The van der Waals surface area contributed by atoms with Crippen molar-refractivity contribution in [1.82, 2.24) is 0 Å². The van der Waals surface area contributed by atoms with Gasteiger partial charge in [0.15, 0.2) is 11.6 Å². The number of aliphatic hydroxyl groups is 1. The maximum absolute atomic E-state index is 13.3. The summed E-state index contributed by atoms with van der Waals surface area (Å²) in [7, 11) is 0. The van der Waals surface area contributed by atoms with E-state index in [0.29, 0.717) is 0 Å². The molecule has 78 valence electrons. The Morgan fingerprint density at radius 1 is 1.36 bits per heavy atom. The lowest BCUT2D eigenvalue weighted by atomic mass is 10.0. The topological polar surface area (TPSA) is 46.2 Å². The van der Waals surface area contributed by atoms with E-state index < -0.39 is 23.8 Å². The molecular weight excluding hydrogens is 256 g/mol. The molecule has 0 fully saturated rings. The average Bonchev–Trinajstić information content (AvgIpc) is 2.13. The number of nitrogens with two attached hydrogens (primary N) is 1. The highest BCUT2D eigenvalue weighted by Gasteiger charge is 2.20. The van der Waals surface area contributed by atoms with Crippen molar-refractivity contribution in [3.05, 3.63) is 33.8 Å². The molecule has 0 spiro atoms. The number of hydrogen-bond donors (Lipinski definition) is 2. The summed E-state index contributed by atoms with van der Waals surface area (Å²) in [6.45, 7) is 1.52. The molecule has 5 heteroatoms. The number of benzene rings is 1. The van der Waals surface area contributed by atoms with Gasteiger partial charge in [-0.2, -0.15) is 0 Å². The quantitative estimate of drug-likeness (QED) is 0.805. The summed E-state index contributed by atoms with van der Waals surface area (Å²) in [6, 6.07) is 1.99. The average molecular weight is 266 g/mol. The summed E-state index contributed by atoms with van der Waals surface area (Å²) in [5.41, 5.74) is 5.25. The van der Waals surface area contributed by atoms with Gasteiger partial charge in [-0.3, -0.25) is 0 Å². The minimum atomic E-state index is -1.20. The molecule has 0 amide bonds. The first-order valence-electron chi connectivity index (χ1n) is 4.02. The third kappa shape index (κ3) is 2.10. The van der Waals surface area contributed by atoms with Crippen molar-refractivity contribution < 1.29 is 13.9 Å². The summed E-state index contributed by atoms with van der Waals surface area (Å²) in [5, 5.41) is 9.45. The van der Waals surface area contributed by atoms with E-state index in [1.165, 1.54) is 19.1 Å². The molecule has 1 aromatic carbocycles. The Labute approximate surface area is 88.9 Å². The van der Waals surface area contributed by atoms with Crippen LogP contribution in [0, 0.1) is 11.6 Å². The molecule has 2 nitrogen and oxygen atoms in total. The van der Waals surface area contributed by atoms with Crippen molar-refractivity contribution in [3.63, 3.8) is 0 Å². The van der Waals surface area contributed by atoms with Crippen LogP contribution in [-0.2, 0) is 0 Å². The van der Waals surface area contributed by atoms with Crippen molar-refractivity contribution >= 4 is 15.9 Å². The highest BCUT2D eigenvalue weighted by atomic mass is 79.9. The van der Waals surface area contributed by atoms with Crippen LogP contribution >= 0.6 is 15.9 Å². The van der Waals surface area contributed by atoms with Crippen molar-refractivity contribution in [3.8, 4) is 0 Å². The van der Waals surface area contributed by atoms with Gasteiger partial charge in [0.05, 0.1) is 10.6 Å². The van der Waals surface area contributed by atoms with Gasteiger partial charge in [-0.25, -0.2) is 8.78 Å². The Morgan fingerprint density at radius 3 is 2.43 bits per heavy atom. The summed E-state index contributed by atoms with van der Waals surface area (Å²) in [4.78, 5) is 0. The predicted octanol–water partition coefficient (Wildman–Crippen LogP) is 2.11. The maximum Gasteiger partial charge on any atom is 0.173 e. The molecule has 0 saturated carbocycles. The minimum Gasteiger partial charge on any atom is -0.387 e.